The van der Waals surface area contributed by atoms with Crippen molar-refractivity contribution in [2.24, 2.45) is 0 Å². The number of rotatable bonds is 4. The third kappa shape index (κ3) is 3.41. The Morgan fingerprint density at radius 3 is 2.65 bits per heavy atom. The highest BCUT2D eigenvalue weighted by Gasteiger charge is 2.25. The second-order valence-electron chi connectivity index (χ2n) is 6.80. The SMILES string of the molecule is CCCNc1cc(N2CCCC2C)nc(C(C)(C)C)n1. The second kappa shape index (κ2) is 5.98. The average molecular weight is 276 g/mol. The van der Waals surface area contributed by atoms with Crippen LogP contribution in [0.3, 0.4) is 0 Å². The maximum absolute atomic E-state index is 4.82. The van der Waals surface area contributed by atoms with Gasteiger partial charge in [0.1, 0.15) is 17.5 Å². The van der Waals surface area contributed by atoms with Crippen LogP contribution in [0.4, 0.5) is 11.6 Å². The Hall–Kier alpha value is -1.32. The summed E-state index contributed by atoms with van der Waals surface area (Å²) in [7, 11) is 0. The molecule has 1 aromatic rings. The molecule has 0 aromatic carbocycles. The molecule has 0 radical (unpaired) electrons. The van der Waals surface area contributed by atoms with Gasteiger partial charge in [-0.3, -0.25) is 0 Å². The molecular weight excluding hydrogens is 248 g/mol. The van der Waals surface area contributed by atoms with E-state index < -0.39 is 0 Å². The Morgan fingerprint density at radius 2 is 2.10 bits per heavy atom. The van der Waals surface area contributed by atoms with Crippen LogP contribution < -0.4 is 10.2 Å². The van der Waals surface area contributed by atoms with E-state index >= 15 is 0 Å². The van der Waals surface area contributed by atoms with Crippen LogP contribution in [-0.4, -0.2) is 29.1 Å². The van der Waals surface area contributed by atoms with Crippen LogP contribution in [0.25, 0.3) is 0 Å². The minimum Gasteiger partial charge on any atom is -0.370 e. The summed E-state index contributed by atoms with van der Waals surface area (Å²) in [5.41, 5.74) is -0.0262. The monoisotopic (exact) mass is 276 g/mol. The molecule has 1 fully saturated rings. The predicted molar refractivity (Wildman–Crippen MR) is 85.6 cm³/mol. The van der Waals surface area contributed by atoms with Crippen LogP contribution in [0.1, 0.15) is 59.7 Å². The van der Waals surface area contributed by atoms with Gasteiger partial charge in [-0.25, -0.2) is 9.97 Å². The fourth-order valence-electron chi connectivity index (χ4n) is 2.53. The number of anilines is 2. The molecule has 2 rings (SSSR count). The van der Waals surface area contributed by atoms with Gasteiger partial charge >= 0.3 is 0 Å². The molecule has 1 aliphatic heterocycles. The molecule has 0 bridgehead atoms. The van der Waals surface area contributed by atoms with Crippen LogP contribution in [0, 0.1) is 0 Å². The number of nitrogens with one attached hydrogen (secondary N) is 1. The fraction of sp³-hybridized carbons (Fsp3) is 0.750. The molecule has 2 heterocycles. The quantitative estimate of drug-likeness (QED) is 0.912. The number of nitrogens with zero attached hydrogens (tertiary/aromatic N) is 3. The molecule has 1 aliphatic rings. The van der Waals surface area contributed by atoms with E-state index in [4.69, 9.17) is 4.98 Å². The van der Waals surface area contributed by atoms with Gasteiger partial charge < -0.3 is 10.2 Å². The molecule has 1 N–H and O–H groups in total. The smallest absolute Gasteiger partial charge is 0.138 e. The maximum Gasteiger partial charge on any atom is 0.138 e. The first-order chi connectivity index (χ1) is 9.41. The highest BCUT2D eigenvalue weighted by Crippen LogP contribution is 2.28. The van der Waals surface area contributed by atoms with Gasteiger partial charge in [-0.15, -0.1) is 0 Å². The zero-order valence-electron chi connectivity index (χ0n) is 13.5. The first-order valence-electron chi connectivity index (χ1n) is 7.82. The van der Waals surface area contributed by atoms with E-state index in [1.54, 1.807) is 0 Å². The van der Waals surface area contributed by atoms with Gasteiger partial charge in [0.2, 0.25) is 0 Å². The predicted octanol–water partition coefficient (Wildman–Crippen LogP) is 3.58. The Labute approximate surface area is 123 Å². The molecular formula is C16H28N4. The van der Waals surface area contributed by atoms with Crippen molar-refractivity contribution in [3.8, 4) is 0 Å². The van der Waals surface area contributed by atoms with E-state index in [1.165, 1.54) is 12.8 Å². The molecule has 112 valence electrons. The summed E-state index contributed by atoms with van der Waals surface area (Å²) in [6.45, 7) is 13.0. The normalized spacial score (nSPS) is 19.4. The number of hydrogen-bond acceptors (Lipinski definition) is 4. The first-order valence-corrected chi connectivity index (χ1v) is 7.82. The lowest BCUT2D eigenvalue weighted by Crippen LogP contribution is -2.29. The van der Waals surface area contributed by atoms with Gasteiger partial charge in [-0.1, -0.05) is 27.7 Å². The zero-order chi connectivity index (χ0) is 14.8. The summed E-state index contributed by atoms with van der Waals surface area (Å²) in [6.07, 6.45) is 3.62. The molecule has 1 aromatic heterocycles. The van der Waals surface area contributed by atoms with Crippen molar-refractivity contribution in [1.29, 1.82) is 0 Å². The van der Waals surface area contributed by atoms with E-state index in [0.29, 0.717) is 6.04 Å². The lowest BCUT2D eigenvalue weighted by atomic mass is 9.96. The van der Waals surface area contributed by atoms with Gasteiger partial charge in [0.15, 0.2) is 0 Å². The van der Waals surface area contributed by atoms with Crippen LogP contribution in [-0.2, 0) is 5.41 Å². The van der Waals surface area contributed by atoms with E-state index in [2.05, 4.69) is 55.9 Å². The van der Waals surface area contributed by atoms with Crippen molar-refractivity contribution in [3.05, 3.63) is 11.9 Å². The van der Waals surface area contributed by atoms with Gasteiger partial charge in [-0.05, 0) is 26.2 Å². The Morgan fingerprint density at radius 1 is 1.35 bits per heavy atom. The molecule has 1 saturated heterocycles. The van der Waals surface area contributed by atoms with Crippen molar-refractivity contribution in [3.63, 3.8) is 0 Å². The van der Waals surface area contributed by atoms with Crippen LogP contribution >= 0.6 is 0 Å². The minimum absolute atomic E-state index is 0.0262. The topological polar surface area (TPSA) is 41.0 Å². The highest BCUT2D eigenvalue weighted by atomic mass is 15.2. The number of aromatic nitrogens is 2. The molecule has 1 unspecified atom stereocenters. The molecule has 20 heavy (non-hydrogen) atoms. The van der Waals surface area contributed by atoms with Crippen molar-refractivity contribution < 1.29 is 0 Å². The zero-order valence-corrected chi connectivity index (χ0v) is 13.5. The Balaban J connectivity index is 2.34. The molecule has 0 aliphatic carbocycles. The molecule has 1 atom stereocenters. The van der Waals surface area contributed by atoms with E-state index in [0.717, 1.165) is 37.0 Å². The fourth-order valence-corrected chi connectivity index (χ4v) is 2.53. The van der Waals surface area contributed by atoms with Gasteiger partial charge in [0.25, 0.3) is 0 Å². The van der Waals surface area contributed by atoms with E-state index in [9.17, 15) is 0 Å². The summed E-state index contributed by atoms with van der Waals surface area (Å²) in [4.78, 5) is 11.9. The van der Waals surface area contributed by atoms with Gasteiger partial charge in [0, 0.05) is 30.6 Å². The van der Waals surface area contributed by atoms with E-state index in [-0.39, 0.29) is 5.41 Å². The molecule has 0 amide bonds. The highest BCUT2D eigenvalue weighted by molar-refractivity contribution is 5.51. The largest absolute Gasteiger partial charge is 0.370 e. The Kier molecular flexibility index (Phi) is 4.51. The summed E-state index contributed by atoms with van der Waals surface area (Å²) < 4.78 is 0. The third-order valence-corrected chi connectivity index (χ3v) is 3.79. The first kappa shape index (κ1) is 15.1. The molecule has 0 spiro atoms. The maximum atomic E-state index is 4.82. The standard InChI is InChI=1S/C16H28N4/c1-6-9-17-13-11-14(20-10-7-8-12(20)2)19-15(18-13)16(3,4)5/h11-12H,6-10H2,1-5H3,(H,17,18,19). The average Bonchev–Trinajstić information content (AvgIpc) is 2.81. The lowest BCUT2D eigenvalue weighted by Gasteiger charge is -2.26. The summed E-state index contributed by atoms with van der Waals surface area (Å²) in [5.74, 6) is 2.96. The summed E-state index contributed by atoms with van der Waals surface area (Å²) >= 11 is 0. The van der Waals surface area contributed by atoms with Crippen LogP contribution in [0.5, 0.6) is 0 Å². The van der Waals surface area contributed by atoms with Crippen molar-refractivity contribution in [1.82, 2.24) is 9.97 Å². The van der Waals surface area contributed by atoms with Crippen molar-refractivity contribution >= 4 is 11.6 Å². The Bertz CT molecular complexity index is 450. The van der Waals surface area contributed by atoms with Gasteiger partial charge in [0.05, 0.1) is 0 Å². The van der Waals surface area contributed by atoms with E-state index in [1.807, 2.05) is 0 Å². The molecule has 0 saturated carbocycles. The summed E-state index contributed by atoms with van der Waals surface area (Å²) in [5, 5.41) is 3.41. The molecule has 4 heteroatoms. The van der Waals surface area contributed by atoms with Crippen LogP contribution in [0.15, 0.2) is 6.07 Å². The van der Waals surface area contributed by atoms with Crippen LogP contribution in [0.2, 0.25) is 0 Å². The third-order valence-electron chi connectivity index (χ3n) is 3.79. The van der Waals surface area contributed by atoms with Gasteiger partial charge in [-0.2, -0.15) is 0 Å². The molecule has 4 nitrogen and oxygen atoms in total. The van der Waals surface area contributed by atoms with Crippen molar-refractivity contribution in [2.75, 3.05) is 23.3 Å². The summed E-state index contributed by atoms with van der Waals surface area (Å²) in [6, 6.07) is 2.68. The van der Waals surface area contributed by atoms with Crippen molar-refractivity contribution in [2.45, 2.75) is 65.3 Å². The second-order valence-corrected chi connectivity index (χ2v) is 6.80. The lowest BCUT2D eigenvalue weighted by molar-refractivity contribution is 0.544. The number of hydrogen-bond donors (Lipinski definition) is 1. The minimum atomic E-state index is -0.0262.